The fraction of sp³-hybridized carbons (Fsp3) is 0.533. The molecule has 2 atom stereocenters. The molecule has 0 bridgehead atoms. The third-order valence-corrected chi connectivity index (χ3v) is 3.02. The summed E-state index contributed by atoms with van der Waals surface area (Å²) in [6.45, 7) is 9.80. The summed E-state index contributed by atoms with van der Waals surface area (Å²) >= 11 is 0. The molecule has 0 aliphatic carbocycles. The molecule has 100 valence electrons. The van der Waals surface area contributed by atoms with E-state index in [9.17, 15) is 4.79 Å². The van der Waals surface area contributed by atoms with Crippen molar-refractivity contribution in [3.8, 4) is 5.75 Å². The second-order valence-electron chi connectivity index (χ2n) is 4.85. The van der Waals surface area contributed by atoms with Gasteiger partial charge in [0.25, 0.3) is 5.91 Å². The second-order valence-corrected chi connectivity index (χ2v) is 4.85. The van der Waals surface area contributed by atoms with Gasteiger partial charge in [-0.1, -0.05) is 19.1 Å². The van der Waals surface area contributed by atoms with Crippen LogP contribution in [0.25, 0.3) is 0 Å². The predicted octanol–water partition coefficient (Wildman–Crippen LogP) is 2.99. The minimum absolute atomic E-state index is 0.0646. The molecule has 0 fully saturated rings. The molecule has 0 heterocycles. The van der Waals surface area contributed by atoms with Crippen LogP contribution in [0.4, 0.5) is 0 Å². The van der Waals surface area contributed by atoms with Gasteiger partial charge in [-0.05, 0) is 51.3 Å². The lowest BCUT2D eigenvalue weighted by Gasteiger charge is -2.19. The van der Waals surface area contributed by atoms with Gasteiger partial charge in [0.1, 0.15) is 5.75 Å². The van der Waals surface area contributed by atoms with E-state index in [1.54, 1.807) is 6.92 Å². The number of ether oxygens (including phenoxy) is 1. The van der Waals surface area contributed by atoms with E-state index in [1.807, 2.05) is 45.9 Å². The van der Waals surface area contributed by atoms with Crippen molar-refractivity contribution in [2.24, 2.45) is 0 Å². The van der Waals surface area contributed by atoms with Crippen LogP contribution in [0, 0.1) is 13.8 Å². The first kappa shape index (κ1) is 14.6. The number of rotatable bonds is 5. The van der Waals surface area contributed by atoms with Crippen LogP contribution < -0.4 is 10.1 Å². The Kier molecular flexibility index (Phi) is 5.20. The van der Waals surface area contributed by atoms with Crippen LogP contribution in [0.3, 0.4) is 0 Å². The average Bonchev–Trinajstić information content (AvgIpc) is 2.33. The summed E-state index contributed by atoms with van der Waals surface area (Å²) in [5, 5.41) is 2.92. The molecule has 1 N–H and O–H groups in total. The highest BCUT2D eigenvalue weighted by atomic mass is 16.5. The summed E-state index contributed by atoms with van der Waals surface area (Å²) in [6, 6.07) is 6.18. The fourth-order valence-electron chi connectivity index (χ4n) is 1.54. The van der Waals surface area contributed by atoms with Crippen molar-refractivity contribution in [2.45, 2.75) is 53.2 Å². The smallest absolute Gasteiger partial charge is 0.260 e. The Balaban J connectivity index is 2.66. The van der Waals surface area contributed by atoms with Crippen molar-refractivity contribution >= 4 is 5.91 Å². The lowest BCUT2D eigenvalue weighted by atomic mass is 10.1. The van der Waals surface area contributed by atoms with E-state index in [1.165, 1.54) is 0 Å². The molecule has 0 unspecified atom stereocenters. The van der Waals surface area contributed by atoms with Gasteiger partial charge in [0.15, 0.2) is 6.10 Å². The molecule has 0 aliphatic heterocycles. The summed E-state index contributed by atoms with van der Waals surface area (Å²) in [7, 11) is 0. The third kappa shape index (κ3) is 4.06. The Morgan fingerprint density at radius 1 is 1.33 bits per heavy atom. The maximum atomic E-state index is 11.9. The fourth-order valence-corrected chi connectivity index (χ4v) is 1.54. The van der Waals surface area contributed by atoms with Crippen LogP contribution in [0.2, 0.25) is 0 Å². The summed E-state index contributed by atoms with van der Waals surface area (Å²) in [5.41, 5.74) is 2.17. The van der Waals surface area contributed by atoms with Gasteiger partial charge in [0.2, 0.25) is 0 Å². The number of carbonyl (C=O) groups is 1. The number of nitrogens with one attached hydrogen (secondary N) is 1. The van der Waals surface area contributed by atoms with Crippen LogP contribution in [-0.4, -0.2) is 18.1 Å². The zero-order valence-electron chi connectivity index (χ0n) is 11.9. The highest BCUT2D eigenvalue weighted by Crippen LogP contribution is 2.20. The molecule has 3 nitrogen and oxygen atoms in total. The van der Waals surface area contributed by atoms with Crippen LogP contribution in [-0.2, 0) is 4.79 Å². The summed E-state index contributed by atoms with van der Waals surface area (Å²) < 4.78 is 5.72. The topological polar surface area (TPSA) is 38.3 Å². The van der Waals surface area contributed by atoms with E-state index in [0.717, 1.165) is 23.3 Å². The number of hydrogen-bond acceptors (Lipinski definition) is 2. The lowest BCUT2D eigenvalue weighted by molar-refractivity contribution is -0.127. The molecule has 0 spiro atoms. The van der Waals surface area contributed by atoms with E-state index >= 15 is 0 Å². The predicted molar refractivity (Wildman–Crippen MR) is 73.9 cm³/mol. The lowest BCUT2D eigenvalue weighted by Crippen LogP contribution is -2.41. The van der Waals surface area contributed by atoms with Gasteiger partial charge in [0, 0.05) is 6.04 Å². The average molecular weight is 249 g/mol. The number of aryl methyl sites for hydroxylation is 2. The first-order valence-corrected chi connectivity index (χ1v) is 6.48. The molecule has 18 heavy (non-hydrogen) atoms. The van der Waals surface area contributed by atoms with Crippen LogP contribution in [0.15, 0.2) is 18.2 Å². The van der Waals surface area contributed by atoms with Gasteiger partial charge < -0.3 is 10.1 Å². The second kappa shape index (κ2) is 6.43. The van der Waals surface area contributed by atoms with E-state index < -0.39 is 6.10 Å². The largest absolute Gasteiger partial charge is 0.481 e. The third-order valence-electron chi connectivity index (χ3n) is 3.02. The van der Waals surface area contributed by atoms with E-state index in [2.05, 4.69) is 5.32 Å². The molecule has 0 saturated carbocycles. The van der Waals surface area contributed by atoms with Gasteiger partial charge in [-0.25, -0.2) is 0 Å². The molecule has 1 aromatic carbocycles. The van der Waals surface area contributed by atoms with Crippen molar-refractivity contribution in [3.05, 3.63) is 29.3 Å². The molecule has 0 saturated heterocycles. The Morgan fingerprint density at radius 2 is 2.00 bits per heavy atom. The minimum Gasteiger partial charge on any atom is -0.481 e. The highest BCUT2D eigenvalue weighted by molar-refractivity contribution is 5.81. The van der Waals surface area contributed by atoms with Crippen molar-refractivity contribution in [2.75, 3.05) is 0 Å². The molecule has 1 amide bonds. The van der Waals surface area contributed by atoms with Gasteiger partial charge in [0.05, 0.1) is 0 Å². The molecular formula is C15H23NO2. The SMILES string of the molecule is CC[C@@H](C)NC(=O)[C@@H](C)Oc1cc(C)ccc1C. The maximum absolute atomic E-state index is 11.9. The molecule has 1 aromatic rings. The van der Waals surface area contributed by atoms with Gasteiger partial charge in [-0.2, -0.15) is 0 Å². The Morgan fingerprint density at radius 3 is 2.61 bits per heavy atom. The van der Waals surface area contributed by atoms with E-state index in [-0.39, 0.29) is 11.9 Å². The molecule has 0 radical (unpaired) electrons. The first-order chi connectivity index (χ1) is 8.43. The Hall–Kier alpha value is -1.51. The Labute approximate surface area is 110 Å². The van der Waals surface area contributed by atoms with Crippen molar-refractivity contribution < 1.29 is 9.53 Å². The van der Waals surface area contributed by atoms with Gasteiger partial charge >= 0.3 is 0 Å². The van der Waals surface area contributed by atoms with Crippen LogP contribution >= 0.6 is 0 Å². The van der Waals surface area contributed by atoms with E-state index in [0.29, 0.717) is 0 Å². The minimum atomic E-state index is -0.473. The van der Waals surface area contributed by atoms with Gasteiger partial charge in [-0.3, -0.25) is 4.79 Å². The number of hydrogen-bond donors (Lipinski definition) is 1. The zero-order chi connectivity index (χ0) is 13.7. The Bertz CT molecular complexity index is 415. The first-order valence-electron chi connectivity index (χ1n) is 6.48. The monoisotopic (exact) mass is 249 g/mol. The van der Waals surface area contributed by atoms with Crippen molar-refractivity contribution in [3.63, 3.8) is 0 Å². The number of benzene rings is 1. The van der Waals surface area contributed by atoms with Crippen LogP contribution in [0.5, 0.6) is 5.75 Å². The quantitative estimate of drug-likeness (QED) is 0.871. The molecule has 0 aromatic heterocycles. The normalized spacial score (nSPS) is 13.8. The molecule has 1 rings (SSSR count). The van der Waals surface area contributed by atoms with Gasteiger partial charge in [-0.15, -0.1) is 0 Å². The van der Waals surface area contributed by atoms with Crippen molar-refractivity contribution in [1.82, 2.24) is 5.32 Å². The molecule has 3 heteroatoms. The summed E-state index contributed by atoms with van der Waals surface area (Å²) in [5.74, 6) is 0.715. The molecule has 0 aliphatic rings. The standard InChI is InChI=1S/C15H23NO2/c1-6-12(4)16-15(17)13(5)18-14-9-10(2)7-8-11(14)3/h7-9,12-13H,6H2,1-5H3,(H,16,17)/t12-,13-/m1/s1. The zero-order valence-corrected chi connectivity index (χ0v) is 11.9. The van der Waals surface area contributed by atoms with Crippen LogP contribution in [0.1, 0.15) is 38.3 Å². The van der Waals surface area contributed by atoms with Crippen molar-refractivity contribution in [1.29, 1.82) is 0 Å². The van der Waals surface area contributed by atoms with E-state index in [4.69, 9.17) is 4.74 Å². The summed E-state index contributed by atoms with van der Waals surface area (Å²) in [4.78, 5) is 11.9. The maximum Gasteiger partial charge on any atom is 0.260 e. The number of amides is 1. The highest BCUT2D eigenvalue weighted by Gasteiger charge is 2.16. The molecular weight excluding hydrogens is 226 g/mol. The number of carbonyl (C=O) groups excluding carboxylic acids is 1. The summed E-state index contributed by atoms with van der Waals surface area (Å²) in [6.07, 6.45) is 0.446.